The van der Waals surface area contributed by atoms with Crippen LogP contribution < -0.4 is 10.2 Å². The summed E-state index contributed by atoms with van der Waals surface area (Å²) in [5, 5.41) is 12.0. The molecule has 1 amide bonds. The van der Waals surface area contributed by atoms with Crippen LogP contribution >= 0.6 is 0 Å². The molecule has 1 fully saturated rings. The van der Waals surface area contributed by atoms with E-state index in [0.29, 0.717) is 11.3 Å². The quantitative estimate of drug-likeness (QED) is 0.850. The van der Waals surface area contributed by atoms with Crippen molar-refractivity contribution in [2.75, 3.05) is 23.3 Å². The molecule has 1 aromatic heterocycles. The number of nitrogens with zero attached hydrogens (tertiary/aromatic N) is 2. The lowest BCUT2D eigenvalue weighted by Gasteiger charge is -2.16. The van der Waals surface area contributed by atoms with Crippen LogP contribution in [0.5, 0.6) is 5.75 Å². The van der Waals surface area contributed by atoms with Crippen LogP contribution in [-0.2, 0) is 0 Å². The second kappa shape index (κ2) is 5.83. The number of hydrogen-bond donors (Lipinski definition) is 2. The van der Waals surface area contributed by atoms with E-state index in [4.69, 9.17) is 0 Å². The van der Waals surface area contributed by atoms with Crippen LogP contribution in [0.15, 0.2) is 42.6 Å². The number of aromatic hydroxyl groups is 1. The summed E-state index contributed by atoms with van der Waals surface area (Å²) >= 11 is 0. The minimum atomic E-state index is -0.177. The molecule has 1 aliphatic heterocycles. The van der Waals surface area contributed by atoms with Gasteiger partial charge in [0.1, 0.15) is 11.6 Å². The highest BCUT2D eigenvalue weighted by Crippen LogP contribution is 2.19. The monoisotopic (exact) mass is 283 g/mol. The Labute approximate surface area is 123 Å². The Balaban J connectivity index is 1.74. The summed E-state index contributed by atoms with van der Waals surface area (Å²) in [7, 11) is 0. The first kappa shape index (κ1) is 13.4. The Morgan fingerprint density at radius 2 is 1.86 bits per heavy atom. The fourth-order valence-corrected chi connectivity index (χ4v) is 2.43. The number of amides is 1. The Morgan fingerprint density at radius 3 is 2.57 bits per heavy atom. The van der Waals surface area contributed by atoms with Gasteiger partial charge in [0.15, 0.2) is 0 Å². The molecule has 0 aliphatic carbocycles. The van der Waals surface area contributed by atoms with Gasteiger partial charge in [0.05, 0.1) is 0 Å². The summed E-state index contributed by atoms with van der Waals surface area (Å²) in [5.41, 5.74) is 1.23. The topological polar surface area (TPSA) is 65.5 Å². The summed E-state index contributed by atoms with van der Waals surface area (Å²) in [6.45, 7) is 1.99. The summed E-state index contributed by atoms with van der Waals surface area (Å²) in [4.78, 5) is 18.8. The third-order valence-corrected chi connectivity index (χ3v) is 3.56. The molecule has 0 bridgehead atoms. The molecular formula is C16H17N3O2. The van der Waals surface area contributed by atoms with Crippen molar-refractivity contribution in [1.29, 1.82) is 0 Å². The number of carbonyl (C=O) groups excluding carboxylic acids is 1. The number of nitrogens with one attached hydrogen (secondary N) is 1. The van der Waals surface area contributed by atoms with Crippen LogP contribution in [-0.4, -0.2) is 29.1 Å². The van der Waals surface area contributed by atoms with E-state index in [9.17, 15) is 9.90 Å². The van der Waals surface area contributed by atoms with Gasteiger partial charge in [-0.3, -0.25) is 4.79 Å². The van der Waals surface area contributed by atoms with Gasteiger partial charge in [-0.1, -0.05) is 0 Å². The lowest BCUT2D eigenvalue weighted by Crippen LogP contribution is -2.20. The summed E-state index contributed by atoms with van der Waals surface area (Å²) in [5.74, 6) is 0.850. The number of benzene rings is 1. The molecule has 2 heterocycles. The van der Waals surface area contributed by atoms with Crippen molar-refractivity contribution in [2.45, 2.75) is 12.8 Å². The van der Waals surface area contributed by atoms with Crippen LogP contribution in [0.4, 0.5) is 11.5 Å². The van der Waals surface area contributed by atoms with Crippen LogP contribution in [0.3, 0.4) is 0 Å². The van der Waals surface area contributed by atoms with E-state index < -0.39 is 0 Å². The number of pyridine rings is 1. The van der Waals surface area contributed by atoms with E-state index in [1.54, 1.807) is 24.4 Å². The molecule has 2 aromatic rings. The second-order valence-electron chi connectivity index (χ2n) is 5.10. The smallest absolute Gasteiger partial charge is 0.255 e. The maximum absolute atomic E-state index is 12.2. The van der Waals surface area contributed by atoms with Crippen LogP contribution in [0, 0.1) is 0 Å². The molecule has 5 heteroatoms. The third kappa shape index (κ3) is 3.13. The Hall–Kier alpha value is -2.56. The summed E-state index contributed by atoms with van der Waals surface area (Å²) in [6.07, 6.45) is 4.01. The number of phenolic OH excluding ortho intramolecular Hbond substituents is 1. The van der Waals surface area contributed by atoms with E-state index in [1.165, 1.54) is 25.0 Å². The maximum Gasteiger partial charge on any atom is 0.255 e. The second-order valence-corrected chi connectivity index (χ2v) is 5.10. The lowest BCUT2D eigenvalue weighted by molar-refractivity contribution is 0.102. The number of rotatable bonds is 3. The minimum Gasteiger partial charge on any atom is -0.508 e. The molecule has 2 N–H and O–H groups in total. The fourth-order valence-electron chi connectivity index (χ4n) is 2.43. The molecule has 3 rings (SSSR count). The number of aromatic nitrogens is 1. The van der Waals surface area contributed by atoms with Gasteiger partial charge in [0.2, 0.25) is 0 Å². The number of anilines is 2. The van der Waals surface area contributed by atoms with Crippen molar-refractivity contribution in [3.05, 3.63) is 48.2 Å². The molecule has 0 unspecified atom stereocenters. The van der Waals surface area contributed by atoms with Crippen molar-refractivity contribution in [3.63, 3.8) is 0 Å². The normalized spacial score (nSPS) is 14.2. The standard InChI is InChI=1S/C16H17N3O2/c20-14-5-3-13(4-6-14)18-16(21)12-7-8-17-15(11-12)19-9-1-2-10-19/h3-8,11,20H,1-2,9-10H2,(H,18,21). The molecule has 0 saturated carbocycles. The highest BCUT2D eigenvalue weighted by molar-refractivity contribution is 6.04. The van der Waals surface area contributed by atoms with Crippen molar-refractivity contribution >= 4 is 17.4 Å². The van der Waals surface area contributed by atoms with Crippen molar-refractivity contribution in [1.82, 2.24) is 4.98 Å². The van der Waals surface area contributed by atoms with Crippen LogP contribution in [0.25, 0.3) is 0 Å². The highest BCUT2D eigenvalue weighted by atomic mass is 16.3. The van der Waals surface area contributed by atoms with Crippen molar-refractivity contribution < 1.29 is 9.90 Å². The van der Waals surface area contributed by atoms with E-state index in [0.717, 1.165) is 18.9 Å². The third-order valence-electron chi connectivity index (χ3n) is 3.56. The number of phenols is 1. The Bertz CT molecular complexity index is 634. The average Bonchev–Trinajstić information content (AvgIpc) is 3.04. The summed E-state index contributed by atoms with van der Waals surface area (Å²) in [6, 6.07) is 9.93. The van der Waals surface area contributed by atoms with Crippen LogP contribution in [0.1, 0.15) is 23.2 Å². The number of carbonyl (C=O) groups is 1. The molecular weight excluding hydrogens is 266 g/mol. The molecule has 108 valence electrons. The molecule has 1 saturated heterocycles. The Morgan fingerprint density at radius 1 is 1.14 bits per heavy atom. The maximum atomic E-state index is 12.2. The molecule has 21 heavy (non-hydrogen) atoms. The molecule has 0 spiro atoms. The molecule has 0 radical (unpaired) electrons. The molecule has 0 atom stereocenters. The van der Waals surface area contributed by atoms with Gasteiger partial charge in [0, 0.05) is 30.5 Å². The first-order valence-corrected chi connectivity index (χ1v) is 7.04. The van der Waals surface area contributed by atoms with E-state index >= 15 is 0 Å². The predicted molar refractivity (Wildman–Crippen MR) is 81.7 cm³/mol. The highest BCUT2D eigenvalue weighted by Gasteiger charge is 2.15. The Kier molecular flexibility index (Phi) is 3.73. The van der Waals surface area contributed by atoms with Gasteiger partial charge >= 0.3 is 0 Å². The SMILES string of the molecule is O=C(Nc1ccc(O)cc1)c1ccnc(N2CCCC2)c1. The number of hydrogen-bond acceptors (Lipinski definition) is 4. The average molecular weight is 283 g/mol. The van der Waals surface area contributed by atoms with Gasteiger partial charge in [0.25, 0.3) is 5.91 Å². The minimum absolute atomic E-state index is 0.174. The van der Waals surface area contributed by atoms with E-state index in [1.807, 2.05) is 6.07 Å². The summed E-state index contributed by atoms with van der Waals surface area (Å²) < 4.78 is 0. The van der Waals surface area contributed by atoms with Gasteiger partial charge < -0.3 is 15.3 Å². The van der Waals surface area contributed by atoms with Crippen molar-refractivity contribution in [2.24, 2.45) is 0 Å². The fraction of sp³-hybridized carbons (Fsp3) is 0.250. The van der Waals surface area contributed by atoms with Crippen LogP contribution in [0.2, 0.25) is 0 Å². The molecule has 1 aromatic carbocycles. The van der Waals surface area contributed by atoms with E-state index in [-0.39, 0.29) is 11.7 Å². The van der Waals surface area contributed by atoms with E-state index in [2.05, 4.69) is 15.2 Å². The zero-order chi connectivity index (χ0) is 14.7. The molecule has 5 nitrogen and oxygen atoms in total. The van der Waals surface area contributed by atoms with Gasteiger partial charge in [-0.15, -0.1) is 0 Å². The van der Waals surface area contributed by atoms with Gasteiger partial charge in [-0.05, 0) is 49.2 Å². The largest absolute Gasteiger partial charge is 0.508 e. The van der Waals surface area contributed by atoms with Gasteiger partial charge in [-0.2, -0.15) is 0 Å². The molecule has 1 aliphatic rings. The lowest BCUT2D eigenvalue weighted by atomic mass is 10.2. The predicted octanol–water partition coefficient (Wildman–Crippen LogP) is 2.64. The zero-order valence-corrected chi connectivity index (χ0v) is 11.6. The first-order valence-electron chi connectivity index (χ1n) is 7.04. The van der Waals surface area contributed by atoms with Gasteiger partial charge in [-0.25, -0.2) is 4.98 Å². The zero-order valence-electron chi connectivity index (χ0n) is 11.6. The van der Waals surface area contributed by atoms with Crippen molar-refractivity contribution in [3.8, 4) is 5.75 Å². The first-order chi connectivity index (χ1) is 10.2.